The average molecular weight is 313 g/mol. The molecule has 0 heterocycles. The maximum atomic E-state index is 11.2. The van der Waals surface area contributed by atoms with Crippen molar-refractivity contribution >= 4 is 17.6 Å². The van der Waals surface area contributed by atoms with Crippen molar-refractivity contribution in [1.82, 2.24) is 0 Å². The summed E-state index contributed by atoms with van der Waals surface area (Å²) in [6.45, 7) is 1.69. The lowest BCUT2D eigenvalue weighted by Gasteiger charge is -2.17. The minimum absolute atomic E-state index is 0.0557. The van der Waals surface area contributed by atoms with E-state index in [0.717, 1.165) is 18.2 Å². The Morgan fingerprint density at radius 2 is 2.00 bits per heavy atom. The molecule has 1 aromatic rings. The van der Waals surface area contributed by atoms with Crippen molar-refractivity contribution in [3.63, 3.8) is 0 Å². The maximum absolute atomic E-state index is 11.2. The third-order valence-corrected chi connectivity index (χ3v) is 2.83. The van der Waals surface area contributed by atoms with Gasteiger partial charge in [0, 0.05) is 6.07 Å². The zero-order chi connectivity index (χ0) is 16.9. The number of hydrogen-bond acceptors (Lipinski definition) is 7. The molecule has 120 valence electrons. The Labute approximate surface area is 124 Å². The third kappa shape index (κ3) is 4.24. The van der Waals surface area contributed by atoms with E-state index >= 15 is 0 Å². The van der Waals surface area contributed by atoms with Crippen LogP contribution in [0.15, 0.2) is 18.2 Å². The van der Waals surface area contributed by atoms with Crippen molar-refractivity contribution in [1.29, 1.82) is 0 Å². The molecule has 0 aromatic heterocycles. The van der Waals surface area contributed by atoms with Gasteiger partial charge in [0.2, 0.25) is 0 Å². The molecule has 2 atom stereocenters. The summed E-state index contributed by atoms with van der Waals surface area (Å²) in [5.41, 5.74) is -1.31. The molecule has 0 aliphatic carbocycles. The number of ether oxygens (including phenoxy) is 1. The van der Waals surface area contributed by atoms with E-state index in [-0.39, 0.29) is 12.2 Å². The van der Waals surface area contributed by atoms with Gasteiger partial charge in [-0.2, -0.15) is 0 Å². The molecule has 0 aliphatic rings. The van der Waals surface area contributed by atoms with E-state index in [9.17, 15) is 29.9 Å². The van der Waals surface area contributed by atoms with Crippen LogP contribution in [0, 0.1) is 10.1 Å². The number of carboxylic acid groups (broad SMARTS) is 1. The first-order chi connectivity index (χ1) is 10.3. The highest BCUT2D eigenvalue weighted by atomic mass is 16.6. The van der Waals surface area contributed by atoms with Crippen LogP contribution in [0.5, 0.6) is 0 Å². The fourth-order valence-corrected chi connectivity index (χ4v) is 1.79. The van der Waals surface area contributed by atoms with Crippen molar-refractivity contribution in [2.75, 3.05) is 6.61 Å². The van der Waals surface area contributed by atoms with E-state index in [1.54, 1.807) is 6.92 Å². The van der Waals surface area contributed by atoms with Crippen molar-refractivity contribution < 1.29 is 34.6 Å². The van der Waals surface area contributed by atoms with Gasteiger partial charge < -0.3 is 20.1 Å². The monoisotopic (exact) mass is 313 g/mol. The van der Waals surface area contributed by atoms with E-state index in [4.69, 9.17) is 5.11 Å². The molecule has 0 amide bonds. The molecule has 2 unspecified atom stereocenters. The quantitative estimate of drug-likeness (QED) is 0.377. The number of carbonyl (C=O) groups excluding carboxylic acids is 1. The summed E-state index contributed by atoms with van der Waals surface area (Å²) in [7, 11) is 0. The summed E-state index contributed by atoms with van der Waals surface area (Å²) in [5, 5.41) is 39.3. The van der Waals surface area contributed by atoms with E-state index in [0.29, 0.717) is 0 Å². The van der Waals surface area contributed by atoms with Gasteiger partial charge in [0.25, 0.3) is 5.69 Å². The van der Waals surface area contributed by atoms with Gasteiger partial charge >= 0.3 is 11.9 Å². The molecule has 0 spiro atoms. The van der Waals surface area contributed by atoms with Crippen LogP contribution in [0.2, 0.25) is 0 Å². The molecule has 1 rings (SSSR count). The summed E-state index contributed by atoms with van der Waals surface area (Å²) >= 11 is 0. The molecule has 0 fully saturated rings. The normalized spacial score (nSPS) is 13.2. The number of carboxylic acids is 1. The molecular weight excluding hydrogens is 298 g/mol. The molecular formula is C13H15NO8. The molecule has 1 aromatic carbocycles. The van der Waals surface area contributed by atoms with E-state index < -0.39 is 46.7 Å². The fraction of sp³-hybridized carbons (Fsp3) is 0.385. The van der Waals surface area contributed by atoms with Gasteiger partial charge in [-0.15, -0.1) is 0 Å². The van der Waals surface area contributed by atoms with Crippen LogP contribution in [0.25, 0.3) is 0 Å². The Balaban J connectivity index is 3.01. The van der Waals surface area contributed by atoms with Gasteiger partial charge in [-0.25, -0.2) is 4.79 Å². The minimum Gasteiger partial charge on any atom is -0.477 e. The second-order valence-corrected chi connectivity index (χ2v) is 4.36. The van der Waals surface area contributed by atoms with E-state index in [2.05, 4.69) is 4.74 Å². The van der Waals surface area contributed by atoms with Crippen molar-refractivity contribution in [3.05, 3.63) is 39.4 Å². The molecule has 9 heteroatoms. The second-order valence-electron chi connectivity index (χ2n) is 4.36. The van der Waals surface area contributed by atoms with Crippen molar-refractivity contribution in [2.24, 2.45) is 0 Å². The third-order valence-electron chi connectivity index (χ3n) is 2.83. The number of aliphatic hydroxyl groups is 2. The van der Waals surface area contributed by atoms with Crippen molar-refractivity contribution in [3.8, 4) is 0 Å². The predicted molar refractivity (Wildman–Crippen MR) is 72.3 cm³/mol. The molecule has 0 aliphatic heterocycles. The van der Waals surface area contributed by atoms with Crippen LogP contribution in [0.1, 0.15) is 35.4 Å². The first-order valence-corrected chi connectivity index (χ1v) is 6.31. The van der Waals surface area contributed by atoms with Crippen LogP contribution >= 0.6 is 0 Å². The number of carbonyl (C=O) groups is 2. The molecule has 0 saturated heterocycles. The largest absolute Gasteiger partial charge is 0.477 e. The van der Waals surface area contributed by atoms with E-state index in [1.165, 1.54) is 0 Å². The Bertz CT molecular complexity index is 585. The Hall–Kier alpha value is -2.52. The van der Waals surface area contributed by atoms with E-state index in [1.807, 2.05) is 0 Å². The SMILES string of the molecule is CCOC(=O)CC(O)C(O)c1ccc([N+](=O)[O-])c(C(=O)O)c1. The number of nitrogens with zero attached hydrogens (tertiary/aromatic N) is 1. The second kappa shape index (κ2) is 7.48. The molecule has 3 N–H and O–H groups in total. The number of nitro benzene ring substituents is 1. The molecule has 9 nitrogen and oxygen atoms in total. The maximum Gasteiger partial charge on any atom is 0.342 e. The zero-order valence-electron chi connectivity index (χ0n) is 11.6. The average Bonchev–Trinajstić information content (AvgIpc) is 2.45. The molecule has 0 bridgehead atoms. The standard InChI is InChI=1S/C13H15NO8/c1-2-22-11(16)6-10(15)12(17)7-3-4-9(14(20)21)8(5-7)13(18)19/h3-5,10,12,15,17H,2,6H2,1H3,(H,18,19). The molecule has 22 heavy (non-hydrogen) atoms. The Morgan fingerprint density at radius 1 is 1.36 bits per heavy atom. The number of benzene rings is 1. The van der Waals surface area contributed by atoms with Crippen LogP contribution in [-0.2, 0) is 9.53 Å². The first-order valence-electron chi connectivity index (χ1n) is 6.31. The van der Waals surface area contributed by atoms with Gasteiger partial charge in [0.15, 0.2) is 0 Å². The van der Waals surface area contributed by atoms with Gasteiger partial charge in [0.1, 0.15) is 11.7 Å². The Morgan fingerprint density at radius 3 is 2.50 bits per heavy atom. The van der Waals surface area contributed by atoms with Crippen LogP contribution < -0.4 is 0 Å². The highest BCUT2D eigenvalue weighted by Crippen LogP contribution is 2.26. The number of aromatic carboxylic acids is 1. The topological polar surface area (TPSA) is 147 Å². The lowest BCUT2D eigenvalue weighted by Crippen LogP contribution is -2.23. The number of esters is 1. The summed E-state index contributed by atoms with van der Waals surface area (Å²) in [4.78, 5) is 32.1. The number of nitro groups is 1. The summed E-state index contributed by atoms with van der Waals surface area (Å²) in [6, 6.07) is 2.92. The highest BCUT2D eigenvalue weighted by Gasteiger charge is 2.26. The van der Waals surface area contributed by atoms with Gasteiger partial charge in [-0.05, 0) is 24.6 Å². The molecule has 0 saturated carbocycles. The lowest BCUT2D eigenvalue weighted by atomic mass is 9.99. The van der Waals surface area contributed by atoms with Crippen LogP contribution in [0.4, 0.5) is 5.69 Å². The Kier molecular flexibility index (Phi) is 5.96. The van der Waals surface area contributed by atoms with Crippen molar-refractivity contribution in [2.45, 2.75) is 25.6 Å². The summed E-state index contributed by atoms with van der Waals surface area (Å²) in [5.74, 6) is -2.27. The van der Waals surface area contributed by atoms with Crippen LogP contribution in [0.3, 0.4) is 0 Å². The fourth-order valence-electron chi connectivity index (χ4n) is 1.79. The lowest BCUT2D eigenvalue weighted by molar-refractivity contribution is -0.385. The van der Waals surface area contributed by atoms with Gasteiger partial charge in [-0.1, -0.05) is 0 Å². The highest BCUT2D eigenvalue weighted by molar-refractivity contribution is 5.92. The summed E-state index contributed by atoms with van der Waals surface area (Å²) < 4.78 is 4.62. The first kappa shape index (κ1) is 17.5. The van der Waals surface area contributed by atoms with Gasteiger partial charge in [0.05, 0.1) is 24.1 Å². The van der Waals surface area contributed by atoms with Crippen LogP contribution in [-0.4, -0.2) is 44.9 Å². The zero-order valence-corrected chi connectivity index (χ0v) is 11.6. The smallest absolute Gasteiger partial charge is 0.342 e. The van der Waals surface area contributed by atoms with Gasteiger partial charge in [-0.3, -0.25) is 14.9 Å². The summed E-state index contributed by atoms with van der Waals surface area (Å²) in [6.07, 6.45) is -3.60. The number of aliphatic hydroxyl groups excluding tert-OH is 2. The minimum atomic E-state index is -1.58. The number of rotatable bonds is 7. The molecule has 0 radical (unpaired) electrons. The number of hydrogen-bond donors (Lipinski definition) is 3. The predicted octanol–water partition coefficient (Wildman–Crippen LogP) is 0.641.